The number of hydrogen-bond acceptors (Lipinski definition) is 2. The Hall–Kier alpha value is -1.44. The zero-order valence-electron chi connectivity index (χ0n) is 10.8. The lowest BCUT2D eigenvalue weighted by Gasteiger charge is -2.41. The van der Waals surface area contributed by atoms with Gasteiger partial charge < -0.3 is 0 Å². The lowest BCUT2D eigenvalue weighted by atomic mass is 9.61. The first-order valence-electron chi connectivity index (χ1n) is 6.66. The highest BCUT2D eigenvalue weighted by atomic mass is 16.1. The first-order chi connectivity index (χ1) is 8.56. The third kappa shape index (κ3) is 1.71. The minimum absolute atomic E-state index is 0.111. The van der Waals surface area contributed by atoms with Crippen LogP contribution in [0.2, 0.25) is 0 Å². The predicted octanol–water partition coefficient (Wildman–Crippen LogP) is 2.86. The second-order valence-corrected chi connectivity index (χ2v) is 5.96. The van der Waals surface area contributed by atoms with Gasteiger partial charge in [0.15, 0.2) is 11.6 Å². The van der Waals surface area contributed by atoms with Crippen molar-refractivity contribution in [2.24, 2.45) is 23.7 Å². The second kappa shape index (κ2) is 4.04. The van der Waals surface area contributed by atoms with Crippen molar-refractivity contribution in [1.29, 1.82) is 0 Å². The van der Waals surface area contributed by atoms with Crippen LogP contribution in [0, 0.1) is 23.7 Å². The molecule has 0 spiro atoms. The third-order valence-electron chi connectivity index (χ3n) is 4.46. The molecule has 0 N–H and O–H groups in total. The summed E-state index contributed by atoms with van der Waals surface area (Å²) in [5.41, 5.74) is 2.28. The minimum Gasteiger partial charge on any atom is -0.294 e. The topological polar surface area (TPSA) is 34.1 Å². The fourth-order valence-corrected chi connectivity index (χ4v) is 3.76. The van der Waals surface area contributed by atoms with Crippen LogP contribution in [0.4, 0.5) is 0 Å². The van der Waals surface area contributed by atoms with Gasteiger partial charge in [-0.3, -0.25) is 9.59 Å². The number of carbonyl (C=O) groups is 2. The van der Waals surface area contributed by atoms with E-state index < -0.39 is 0 Å². The molecule has 4 atom stereocenters. The van der Waals surface area contributed by atoms with Gasteiger partial charge in [0.2, 0.25) is 0 Å². The summed E-state index contributed by atoms with van der Waals surface area (Å²) in [6, 6.07) is 0. The van der Waals surface area contributed by atoms with Gasteiger partial charge in [-0.15, -0.1) is 0 Å². The van der Waals surface area contributed by atoms with Crippen LogP contribution in [0.3, 0.4) is 0 Å². The van der Waals surface area contributed by atoms with E-state index >= 15 is 0 Å². The minimum atomic E-state index is -0.111. The van der Waals surface area contributed by atoms with Crippen LogP contribution < -0.4 is 0 Å². The van der Waals surface area contributed by atoms with Gasteiger partial charge in [0.1, 0.15) is 0 Å². The maximum atomic E-state index is 12.2. The first kappa shape index (κ1) is 11.6. The van der Waals surface area contributed by atoms with Gasteiger partial charge in [0.05, 0.1) is 0 Å². The van der Waals surface area contributed by atoms with Crippen molar-refractivity contribution >= 4 is 11.6 Å². The number of fused-ring (bicyclic) bond motifs is 3. The van der Waals surface area contributed by atoms with E-state index in [4.69, 9.17) is 0 Å². The summed E-state index contributed by atoms with van der Waals surface area (Å²) < 4.78 is 0. The molecule has 3 aliphatic rings. The molecule has 0 aromatic heterocycles. The molecule has 18 heavy (non-hydrogen) atoms. The summed E-state index contributed by atoms with van der Waals surface area (Å²) >= 11 is 0. The van der Waals surface area contributed by atoms with Crippen molar-refractivity contribution in [2.75, 3.05) is 0 Å². The highest BCUT2D eigenvalue weighted by Crippen LogP contribution is 2.45. The molecule has 3 rings (SSSR count). The Morgan fingerprint density at radius 2 is 1.22 bits per heavy atom. The van der Waals surface area contributed by atoms with E-state index in [0.29, 0.717) is 0 Å². The molecular formula is C16H18O2. The smallest absolute Gasteiger partial charge is 0.160 e. The summed E-state index contributed by atoms with van der Waals surface area (Å²) in [6.45, 7) is 4.00. The summed E-state index contributed by atoms with van der Waals surface area (Å²) in [5.74, 6) is 0.564. The molecule has 3 aliphatic carbocycles. The Kier molecular flexibility index (Phi) is 2.61. The lowest BCUT2D eigenvalue weighted by molar-refractivity contribution is -0.131. The van der Waals surface area contributed by atoms with Crippen molar-refractivity contribution < 1.29 is 9.59 Å². The van der Waals surface area contributed by atoms with Gasteiger partial charge in [-0.2, -0.15) is 0 Å². The SMILES string of the molecule is CC1=CC(=O)[C@@H]2[C@H]3C(=O)C=C(C)C[C@@H]3C=C[C@H]2C1. The van der Waals surface area contributed by atoms with E-state index in [9.17, 15) is 9.59 Å². The Morgan fingerprint density at radius 1 is 0.833 bits per heavy atom. The maximum absolute atomic E-state index is 12.2. The maximum Gasteiger partial charge on any atom is 0.160 e. The standard InChI is InChI=1S/C16H18O2/c1-9-5-11-3-4-12-6-10(2)8-14(18)16(12)15(11)13(17)7-9/h3-4,7-8,11-12,15-16H,5-6H2,1-2H3/t11-,12-,15+,16+/m0/s1. The molecule has 2 nitrogen and oxygen atoms in total. The number of rotatable bonds is 0. The fraction of sp³-hybridized carbons (Fsp3) is 0.500. The molecule has 2 heteroatoms. The van der Waals surface area contributed by atoms with Crippen LogP contribution in [0.1, 0.15) is 26.7 Å². The predicted molar refractivity (Wildman–Crippen MR) is 69.9 cm³/mol. The zero-order valence-corrected chi connectivity index (χ0v) is 10.8. The highest BCUT2D eigenvalue weighted by Gasteiger charge is 2.45. The van der Waals surface area contributed by atoms with Crippen LogP contribution >= 0.6 is 0 Å². The van der Waals surface area contributed by atoms with E-state index in [0.717, 1.165) is 24.0 Å². The van der Waals surface area contributed by atoms with Crippen molar-refractivity contribution in [3.63, 3.8) is 0 Å². The second-order valence-electron chi connectivity index (χ2n) is 5.96. The van der Waals surface area contributed by atoms with E-state index in [1.54, 1.807) is 12.2 Å². The van der Waals surface area contributed by atoms with Crippen molar-refractivity contribution in [3.05, 3.63) is 35.5 Å². The van der Waals surface area contributed by atoms with Gasteiger partial charge in [0.25, 0.3) is 0 Å². The largest absolute Gasteiger partial charge is 0.294 e. The van der Waals surface area contributed by atoms with Gasteiger partial charge in [-0.25, -0.2) is 0 Å². The number of hydrogen-bond donors (Lipinski definition) is 0. The Morgan fingerprint density at radius 3 is 1.61 bits per heavy atom. The summed E-state index contributed by atoms with van der Waals surface area (Å²) in [6.07, 6.45) is 9.68. The van der Waals surface area contributed by atoms with Crippen LogP contribution in [-0.4, -0.2) is 11.6 Å². The monoisotopic (exact) mass is 242 g/mol. The molecule has 0 radical (unpaired) electrons. The first-order valence-corrected chi connectivity index (χ1v) is 6.66. The van der Waals surface area contributed by atoms with E-state index in [2.05, 4.69) is 12.2 Å². The molecule has 0 unspecified atom stereocenters. The van der Waals surface area contributed by atoms with E-state index in [-0.39, 0.29) is 35.2 Å². The Balaban J connectivity index is 2.01. The van der Waals surface area contributed by atoms with Crippen LogP contribution in [0.25, 0.3) is 0 Å². The van der Waals surface area contributed by atoms with Crippen LogP contribution in [-0.2, 0) is 9.59 Å². The molecule has 0 bridgehead atoms. The fourth-order valence-electron chi connectivity index (χ4n) is 3.76. The van der Waals surface area contributed by atoms with Gasteiger partial charge in [-0.1, -0.05) is 23.3 Å². The lowest BCUT2D eigenvalue weighted by Crippen LogP contribution is -2.43. The molecular weight excluding hydrogens is 224 g/mol. The van der Waals surface area contributed by atoms with Gasteiger partial charge >= 0.3 is 0 Å². The summed E-state index contributed by atoms with van der Waals surface area (Å²) in [7, 11) is 0. The molecule has 0 fully saturated rings. The molecule has 0 aliphatic heterocycles. The average molecular weight is 242 g/mol. The van der Waals surface area contributed by atoms with E-state index in [1.165, 1.54) is 0 Å². The summed E-state index contributed by atoms with van der Waals surface area (Å²) in [5, 5.41) is 0. The molecule has 0 aromatic carbocycles. The van der Waals surface area contributed by atoms with Gasteiger partial charge in [-0.05, 0) is 50.7 Å². The molecule has 94 valence electrons. The third-order valence-corrected chi connectivity index (χ3v) is 4.46. The number of carbonyl (C=O) groups excluding carboxylic acids is 2. The van der Waals surface area contributed by atoms with Crippen LogP contribution in [0.5, 0.6) is 0 Å². The zero-order chi connectivity index (χ0) is 12.9. The van der Waals surface area contributed by atoms with Crippen molar-refractivity contribution in [1.82, 2.24) is 0 Å². The molecule has 0 aromatic rings. The molecule has 0 amide bonds. The Labute approximate surface area is 107 Å². The molecule has 0 heterocycles. The van der Waals surface area contributed by atoms with Crippen molar-refractivity contribution in [3.8, 4) is 0 Å². The number of ketones is 2. The Bertz CT molecular complexity index is 461. The number of allylic oxidation sites excluding steroid dienone is 6. The van der Waals surface area contributed by atoms with E-state index in [1.807, 2.05) is 13.8 Å². The van der Waals surface area contributed by atoms with Gasteiger partial charge in [0, 0.05) is 11.8 Å². The molecule has 0 saturated heterocycles. The molecule has 0 saturated carbocycles. The highest BCUT2D eigenvalue weighted by molar-refractivity contribution is 6.02. The normalized spacial score (nSPS) is 38.8. The van der Waals surface area contributed by atoms with Crippen LogP contribution in [0.15, 0.2) is 35.5 Å². The summed E-state index contributed by atoms with van der Waals surface area (Å²) in [4.78, 5) is 24.5. The quantitative estimate of drug-likeness (QED) is 0.612. The average Bonchev–Trinajstić information content (AvgIpc) is 2.28. The van der Waals surface area contributed by atoms with Crippen molar-refractivity contribution in [2.45, 2.75) is 26.7 Å².